The standard InChI is InChI=1S/C19H18N2O5/c1-2-11-26-19(23)15-6-4-7-16(13-15)20-18(22)10-9-14-5-3-8-17(12-14)21(24)25/h3-10,12-13H,2,11H2,1H3,(H,20,22). The van der Waals surface area contributed by atoms with Crippen LogP contribution in [0.5, 0.6) is 0 Å². The van der Waals surface area contributed by atoms with Crippen LogP contribution in [0, 0.1) is 10.1 Å². The molecular formula is C19H18N2O5. The minimum atomic E-state index is -0.499. The van der Waals surface area contributed by atoms with E-state index in [0.29, 0.717) is 23.4 Å². The fraction of sp³-hybridized carbons (Fsp3) is 0.158. The van der Waals surface area contributed by atoms with E-state index in [1.54, 1.807) is 30.3 Å². The molecule has 2 aromatic carbocycles. The average molecular weight is 354 g/mol. The topological polar surface area (TPSA) is 98.5 Å². The number of nitrogens with one attached hydrogen (secondary N) is 1. The third kappa shape index (κ3) is 5.55. The monoisotopic (exact) mass is 354 g/mol. The minimum Gasteiger partial charge on any atom is -0.462 e. The summed E-state index contributed by atoms with van der Waals surface area (Å²) >= 11 is 0. The number of esters is 1. The van der Waals surface area contributed by atoms with Crippen molar-refractivity contribution < 1.29 is 19.2 Å². The van der Waals surface area contributed by atoms with E-state index in [4.69, 9.17) is 4.74 Å². The number of hydrogen-bond donors (Lipinski definition) is 1. The van der Waals surface area contributed by atoms with Crippen molar-refractivity contribution >= 4 is 29.3 Å². The largest absolute Gasteiger partial charge is 0.462 e. The maximum absolute atomic E-state index is 12.0. The van der Waals surface area contributed by atoms with E-state index in [2.05, 4.69) is 5.32 Å². The van der Waals surface area contributed by atoms with Crippen LogP contribution in [0.25, 0.3) is 6.08 Å². The highest BCUT2D eigenvalue weighted by molar-refractivity contribution is 6.02. The predicted molar refractivity (Wildman–Crippen MR) is 97.8 cm³/mol. The number of non-ortho nitro benzene ring substituents is 1. The predicted octanol–water partition coefficient (Wildman–Crippen LogP) is 3.81. The number of ether oxygens (including phenoxy) is 1. The molecule has 2 aromatic rings. The van der Waals surface area contributed by atoms with Gasteiger partial charge in [0.05, 0.1) is 17.1 Å². The molecule has 0 bridgehead atoms. The van der Waals surface area contributed by atoms with Crippen molar-refractivity contribution in [2.75, 3.05) is 11.9 Å². The lowest BCUT2D eigenvalue weighted by Gasteiger charge is -2.06. The first-order chi connectivity index (χ1) is 12.5. The van der Waals surface area contributed by atoms with Gasteiger partial charge in [-0.3, -0.25) is 14.9 Å². The Bertz CT molecular complexity index is 845. The molecule has 0 unspecified atom stereocenters. The summed E-state index contributed by atoms with van der Waals surface area (Å²) in [7, 11) is 0. The van der Waals surface area contributed by atoms with Crippen molar-refractivity contribution in [3.05, 3.63) is 75.8 Å². The number of rotatable bonds is 7. The van der Waals surface area contributed by atoms with Crippen LogP contribution in [0.15, 0.2) is 54.6 Å². The van der Waals surface area contributed by atoms with E-state index in [0.717, 1.165) is 6.42 Å². The van der Waals surface area contributed by atoms with E-state index in [9.17, 15) is 19.7 Å². The molecule has 0 saturated heterocycles. The Hall–Kier alpha value is -3.48. The van der Waals surface area contributed by atoms with Crippen LogP contribution < -0.4 is 5.32 Å². The zero-order valence-corrected chi connectivity index (χ0v) is 14.2. The normalized spacial score (nSPS) is 10.5. The van der Waals surface area contributed by atoms with Gasteiger partial charge in [0, 0.05) is 23.9 Å². The molecule has 0 radical (unpaired) electrons. The maximum Gasteiger partial charge on any atom is 0.338 e. The highest BCUT2D eigenvalue weighted by Crippen LogP contribution is 2.15. The summed E-state index contributed by atoms with van der Waals surface area (Å²) in [6.45, 7) is 2.24. The Kier molecular flexibility index (Phi) is 6.61. The van der Waals surface area contributed by atoms with Crippen LogP contribution in [0.1, 0.15) is 29.3 Å². The molecule has 7 nitrogen and oxygen atoms in total. The third-order valence-electron chi connectivity index (χ3n) is 3.31. The van der Waals surface area contributed by atoms with Crippen molar-refractivity contribution in [3.8, 4) is 0 Å². The van der Waals surface area contributed by atoms with Crippen LogP contribution in [0.3, 0.4) is 0 Å². The molecule has 0 aliphatic heterocycles. The van der Waals surface area contributed by atoms with Gasteiger partial charge in [-0.1, -0.05) is 25.1 Å². The highest BCUT2D eigenvalue weighted by atomic mass is 16.6. The van der Waals surface area contributed by atoms with Gasteiger partial charge in [0.25, 0.3) is 5.69 Å². The van der Waals surface area contributed by atoms with Crippen molar-refractivity contribution in [2.45, 2.75) is 13.3 Å². The summed E-state index contributed by atoms with van der Waals surface area (Å²) in [5, 5.41) is 13.4. The van der Waals surface area contributed by atoms with Gasteiger partial charge < -0.3 is 10.1 Å². The molecule has 0 heterocycles. The maximum atomic E-state index is 12.0. The number of amides is 1. The first-order valence-electron chi connectivity index (χ1n) is 8.00. The van der Waals surface area contributed by atoms with Crippen molar-refractivity contribution in [2.24, 2.45) is 0 Å². The smallest absolute Gasteiger partial charge is 0.338 e. The van der Waals surface area contributed by atoms with Gasteiger partial charge in [-0.25, -0.2) is 4.79 Å². The van der Waals surface area contributed by atoms with Gasteiger partial charge in [0.15, 0.2) is 0 Å². The zero-order chi connectivity index (χ0) is 18.9. The quantitative estimate of drug-likeness (QED) is 0.353. The number of carbonyl (C=O) groups is 2. The van der Waals surface area contributed by atoms with Crippen molar-refractivity contribution in [1.29, 1.82) is 0 Å². The molecule has 1 amide bonds. The van der Waals surface area contributed by atoms with Gasteiger partial charge >= 0.3 is 5.97 Å². The van der Waals surface area contributed by atoms with Gasteiger partial charge in [-0.05, 0) is 36.3 Å². The minimum absolute atomic E-state index is 0.0501. The van der Waals surface area contributed by atoms with Gasteiger partial charge in [0.2, 0.25) is 5.91 Å². The molecule has 0 spiro atoms. The Balaban J connectivity index is 2.02. The molecule has 0 aromatic heterocycles. The van der Waals surface area contributed by atoms with Crippen molar-refractivity contribution in [3.63, 3.8) is 0 Å². The Morgan fingerprint density at radius 3 is 2.69 bits per heavy atom. The first kappa shape index (κ1) is 18.9. The SMILES string of the molecule is CCCOC(=O)c1cccc(NC(=O)C=Cc2cccc([N+](=O)[O-])c2)c1. The summed E-state index contributed by atoms with van der Waals surface area (Å²) in [6.07, 6.45) is 3.47. The van der Waals surface area contributed by atoms with E-state index in [1.165, 1.54) is 30.4 Å². The summed E-state index contributed by atoms with van der Waals surface area (Å²) in [5.41, 5.74) is 1.28. The molecule has 0 saturated carbocycles. The molecular weight excluding hydrogens is 336 g/mol. The number of benzene rings is 2. The summed E-state index contributed by atoms with van der Waals surface area (Å²) in [4.78, 5) is 34.1. The van der Waals surface area contributed by atoms with E-state index >= 15 is 0 Å². The molecule has 7 heteroatoms. The van der Waals surface area contributed by atoms with Crippen LogP contribution in [0.4, 0.5) is 11.4 Å². The van der Waals surface area contributed by atoms with Gasteiger partial charge in [-0.15, -0.1) is 0 Å². The lowest BCUT2D eigenvalue weighted by Crippen LogP contribution is -2.10. The Labute approximate surface area is 150 Å². The summed E-state index contributed by atoms with van der Waals surface area (Å²) in [6, 6.07) is 12.4. The van der Waals surface area contributed by atoms with Gasteiger partial charge in [0.1, 0.15) is 0 Å². The lowest BCUT2D eigenvalue weighted by molar-refractivity contribution is -0.384. The first-order valence-corrected chi connectivity index (χ1v) is 8.00. The highest BCUT2D eigenvalue weighted by Gasteiger charge is 2.08. The Morgan fingerprint density at radius 2 is 1.96 bits per heavy atom. The second-order valence-electron chi connectivity index (χ2n) is 5.39. The average Bonchev–Trinajstić information content (AvgIpc) is 2.65. The number of nitrogens with zero attached hydrogens (tertiary/aromatic N) is 1. The van der Waals surface area contributed by atoms with Crippen LogP contribution >= 0.6 is 0 Å². The molecule has 0 atom stereocenters. The van der Waals surface area contributed by atoms with Crippen LogP contribution in [-0.4, -0.2) is 23.4 Å². The Morgan fingerprint density at radius 1 is 1.19 bits per heavy atom. The number of nitro benzene ring substituents is 1. The molecule has 0 aliphatic rings. The number of hydrogen-bond acceptors (Lipinski definition) is 5. The van der Waals surface area contributed by atoms with Crippen molar-refractivity contribution in [1.82, 2.24) is 0 Å². The molecule has 26 heavy (non-hydrogen) atoms. The van der Waals surface area contributed by atoms with Crippen LogP contribution in [0.2, 0.25) is 0 Å². The second kappa shape index (κ2) is 9.12. The molecule has 1 N–H and O–H groups in total. The van der Waals surface area contributed by atoms with Gasteiger partial charge in [-0.2, -0.15) is 0 Å². The molecule has 0 fully saturated rings. The van der Waals surface area contributed by atoms with E-state index in [1.807, 2.05) is 6.92 Å². The molecule has 0 aliphatic carbocycles. The number of carbonyl (C=O) groups excluding carboxylic acids is 2. The van der Waals surface area contributed by atoms with E-state index in [-0.39, 0.29) is 5.69 Å². The number of anilines is 1. The zero-order valence-electron chi connectivity index (χ0n) is 14.2. The fourth-order valence-electron chi connectivity index (χ4n) is 2.10. The molecule has 134 valence electrons. The summed E-state index contributed by atoms with van der Waals surface area (Å²) in [5.74, 6) is -0.870. The molecule has 2 rings (SSSR count). The van der Waals surface area contributed by atoms with Crippen LogP contribution in [-0.2, 0) is 9.53 Å². The third-order valence-corrected chi connectivity index (χ3v) is 3.31. The summed E-state index contributed by atoms with van der Waals surface area (Å²) < 4.78 is 5.05. The van der Waals surface area contributed by atoms with E-state index < -0.39 is 16.8 Å². The fourth-order valence-corrected chi connectivity index (χ4v) is 2.10. The number of nitro groups is 1. The lowest BCUT2D eigenvalue weighted by atomic mass is 10.2. The second-order valence-corrected chi connectivity index (χ2v) is 5.39.